The van der Waals surface area contributed by atoms with Crippen molar-refractivity contribution in [3.8, 4) is 11.5 Å². The van der Waals surface area contributed by atoms with Crippen LogP contribution in [0.4, 0.5) is 14.5 Å². The summed E-state index contributed by atoms with van der Waals surface area (Å²) in [6, 6.07) is 8.28. The second-order valence-corrected chi connectivity index (χ2v) is 15.6. The van der Waals surface area contributed by atoms with Crippen LogP contribution in [-0.4, -0.2) is 93.2 Å². The Balaban J connectivity index is 1.23. The van der Waals surface area contributed by atoms with Gasteiger partial charge in [-0.3, -0.25) is 28.6 Å². The molecule has 3 heterocycles. The van der Waals surface area contributed by atoms with Crippen molar-refractivity contribution in [2.75, 3.05) is 49.9 Å². The minimum absolute atomic E-state index is 0.00788. The number of nitrogens with zero attached hydrogens (tertiary/aromatic N) is 4. The molecule has 1 aliphatic carbocycles. The van der Waals surface area contributed by atoms with Crippen LogP contribution < -0.4 is 13.8 Å². The van der Waals surface area contributed by atoms with Crippen molar-refractivity contribution >= 4 is 56.7 Å². The van der Waals surface area contributed by atoms with Crippen molar-refractivity contribution in [1.82, 2.24) is 14.8 Å². The molecule has 2 aliphatic heterocycles. The van der Waals surface area contributed by atoms with Crippen molar-refractivity contribution in [2.24, 2.45) is 5.92 Å². The monoisotopic (exact) mass is 780 g/mol. The Hall–Kier alpha value is -4.05. The van der Waals surface area contributed by atoms with E-state index in [2.05, 4.69) is 14.6 Å². The lowest BCUT2D eigenvalue weighted by molar-refractivity contribution is -0.149. The number of imide groups is 1. The molecule has 3 aliphatic rings. The standard InChI is InChI=1S/C35H36Cl2F2N4O8S/c1-52(47,48)43(13-12-41-10-2-3-11-41)23-7-8-24-25(15-23)34(46)42(33(24)45)19-32(44)50-30(16-26-27(36)17-40-18-28(26)37)22-6-9-29(51-35(38)39)31(14-22)49-20-21-4-5-21/h6-9,14-15,17-18,21,30,35H,2-5,10-13,16,19-20H2,1H3. The number of hydrogen-bond donors (Lipinski definition) is 0. The zero-order valence-electron chi connectivity index (χ0n) is 28.1. The molecule has 12 nitrogen and oxygen atoms in total. The van der Waals surface area contributed by atoms with E-state index < -0.39 is 47.1 Å². The number of sulfonamides is 1. The number of hydrogen-bond acceptors (Lipinski definition) is 10. The highest BCUT2D eigenvalue weighted by Crippen LogP contribution is 2.38. The van der Waals surface area contributed by atoms with E-state index in [0.29, 0.717) is 17.7 Å². The fourth-order valence-corrected chi connectivity index (χ4v) is 7.63. The van der Waals surface area contributed by atoms with Crippen molar-refractivity contribution in [2.45, 2.75) is 44.8 Å². The average Bonchev–Trinajstić information content (AvgIpc) is 3.72. The van der Waals surface area contributed by atoms with E-state index >= 15 is 0 Å². The number of alkyl halides is 2. The van der Waals surface area contributed by atoms with Gasteiger partial charge < -0.3 is 19.1 Å². The summed E-state index contributed by atoms with van der Waals surface area (Å²) in [5.41, 5.74) is 0.859. The van der Waals surface area contributed by atoms with Crippen LogP contribution in [0.3, 0.4) is 0 Å². The van der Waals surface area contributed by atoms with Crippen LogP contribution in [0, 0.1) is 5.92 Å². The lowest BCUT2D eigenvalue weighted by atomic mass is 10.0. The highest BCUT2D eigenvalue weighted by Gasteiger charge is 2.38. The van der Waals surface area contributed by atoms with Crippen LogP contribution in [-0.2, 0) is 26.0 Å². The third-order valence-corrected chi connectivity index (χ3v) is 10.9. The van der Waals surface area contributed by atoms with Gasteiger partial charge in [-0.1, -0.05) is 29.3 Å². The lowest BCUT2D eigenvalue weighted by Gasteiger charge is -2.25. The fourth-order valence-electron chi connectivity index (χ4n) is 6.20. The summed E-state index contributed by atoms with van der Waals surface area (Å²) in [5.74, 6) is -2.44. The number of pyridine rings is 1. The van der Waals surface area contributed by atoms with Gasteiger partial charge in [0, 0.05) is 31.9 Å². The lowest BCUT2D eigenvalue weighted by Crippen LogP contribution is -2.37. The minimum Gasteiger partial charge on any atom is -0.489 e. The van der Waals surface area contributed by atoms with Gasteiger partial charge >= 0.3 is 12.6 Å². The number of anilines is 1. The van der Waals surface area contributed by atoms with Gasteiger partial charge in [0.15, 0.2) is 11.5 Å². The summed E-state index contributed by atoms with van der Waals surface area (Å²) in [5, 5.41) is 0.354. The van der Waals surface area contributed by atoms with Gasteiger partial charge in [0.1, 0.15) is 12.6 Å². The molecule has 0 radical (unpaired) electrons. The van der Waals surface area contributed by atoms with E-state index in [1.54, 1.807) is 0 Å². The molecular weight excluding hydrogens is 745 g/mol. The van der Waals surface area contributed by atoms with Crippen LogP contribution in [0.25, 0.3) is 0 Å². The van der Waals surface area contributed by atoms with Gasteiger partial charge in [-0.05, 0) is 86.1 Å². The first-order valence-electron chi connectivity index (χ1n) is 16.7. The Morgan fingerprint density at radius 2 is 1.69 bits per heavy atom. The smallest absolute Gasteiger partial charge is 0.387 e. The number of carbonyl (C=O) groups is 3. The minimum atomic E-state index is -3.73. The van der Waals surface area contributed by atoms with Crippen LogP contribution in [0.15, 0.2) is 48.8 Å². The van der Waals surface area contributed by atoms with Gasteiger partial charge in [-0.15, -0.1) is 0 Å². The molecule has 6 rings (SSSR count). The van der Waals surface area contributed by atoms with Gasteiger partial charge in [0.05, 0.1) is 39.7 Å². The molecule has 278 valence electrons. The van der Waals surface area contributed by atoms with Gasteiger partial charge in [0.25, 0.3) is 11.8 Å². The molecule has 1 saturated heterocycles. The zero-order valence-corrected chi connectivity index (χ0v) is 30.4. The summed E-state index contributed by atoms with van der Waals surface area (Å²) < 4.78 is 69.4. The Bertz CT molecular complexity index is 1940. The van der Waals surface area contributed by atoms with E-state index in [1.165, 1.54) is 53.1 Å². The van der Waals surface area contributed by atoms with E-state index in [4.69, 9.17) is 32.7 Å². The van der Waals surface area contributed by atoms with Crippen LogP contribution in [0.5, 0.6) is 11.5 Å². The predicted molar refractivity (Wildman–Crippen MR) is 188 cm³/mol. The molecular formula is C35H36Cl2F2N4O8S. The van der Waals surface area contributed by atoms with Crippen LogP contribution >= 0.6 is 23.2 Å². The van der Waals surface area contributed by atoms with Gasteiger partial charge in [-0.2, -0.15) is 8.78 Å². The molecule has 2 fully saturated rings. The number of amides is 2. The number of benzene rings is 2. The van der Waals surface area contributed by atoms with E-state index in [0.717, 1.165) is 49.9 Å². The highest BCUT2D eigenvalue weighted by molar-refractivity contribution is 7.92. The van der Waals surface area contributed by atoms with Crippen LogP contribution in [0.2, 0.25) is 10.0 Å². The second kappa shape index (κ2) is 15.9. The fraction of sp³-hybridized carbons (Fsp3) is 0.429. The highest BCUT2D eigenvalue weighted by atomic mass is 35.5. The largest absolute Gasteiger partial charge is 0.489 e. The molecule has 2 amide bonds. The van der Waals surface area contributed by atoms with E-state index in [9.17, 15) is 31.6 Å². The molecule has 0 spiro atoms. The Labute approximate surface area is 309 Å². The van der Waals surface area contributed by atoms with E-state index in [-0.39, 0.29) is 63.8 Å². The molecule has 52 heavy (non-hydrogen) atoms. The number of halogens is 4. The molecule has 0 N–H and O–H groups in total. The zero-order chi connectivity index (χ0) is 37.2. The predicted octanol–water partition coefficient (Wildman–Crippen LogP) is 5.76. The van der Waals surface area contributed by atoms with E-state index in [1.807, 2.05) is 0 Å². The third-order valence-electron chi connectivity index (χ3n) is 9.09. The first-order chi connectivity index (χ1) is 24.8. The SMILES string of the molecule is CS(=O)(=O)N(CCN1CCCC1)c1ccc2c(c1)C(=O)N(CC(=O)OC(Cc1c(Cl)cncc1Cl)c1ccc(OC(F)F)c(OCC3CC3)c1)C2=O. The summed E-state index contributed by atoms with van der Waals surface area (Å²) in [4.78, 5) is 47.3. The maximum atomic E-state index is 13.6. The Morgan fingerprint density at radius 3 is 2.35 bits per heavy atom. The molecule has 3 aromatic rings. The maximum Gasteiger partial charge on any atom is 0.387 e. The molecule has 0 bridgehead atoms. The van der Waals surface area contributed by atoms with Crippen molar-refractivity contribution in [3.63, 3.8) is 0 Å². The number of rotatable bonds is 16. The summed E-state index contributed by atoms with van der Waals surface area (Å²) in [6.45, 7) is -1.21. The summed E-state index contributed by atoms with van der Waals surface area (Å²) >= 11 is 12.8. The van der Waals surface area contributed by atoms with Crippen molar-refractivity contribution < 1.29 is 45.8 Å². The van der Waals surface area contributed by atoms with Gasteiger partial charge in [0.2, 0.25) is 10.0 Å². The number of carbonyl (C=O) groups excluding carboxylic acids is 3. The summed E-state index contributed by atoms with van der Waals surface area (Å²) in [6.07, 6.45) is 6.51. The number of esters is 1. The van der Waals surface area contributed by atoms with Gasteiger partial charge in [-0.25, -0.2) is 8.42 Å². The quantitative estimate of drug-likeness (QED) is 0.130. The normalized spacial score (nSPS) is 16.7. The Kier molecular flexibility index (Phi) is 11.5. The number of fused-ring (bicyclic) bond motifs is 1. The Morgan fingerprint density at radius 1 is 1.00 bits per heavy atom. The number of aromatic nitrogens is 1. The second-order valence-electron chi connectivity index (χ2n) is 12.9. The summed E-state index contributed by atoms with van der Waals surface area (Å²) in [7, 11) is -3.73. The van der Waals surface area contributed by atoms with Crippen molar-refractivity contribution in [3.05, 3.63) is 81.1 Å². The average molecular weight is 782 g/mol. The molecule has 17 heteroatoms. The molecule has 2 aromatic carbocycles. The third kappa shape index (κ3) is 8.93. The number of likely N-dealkylation sites (tertiary alicyclic amines) is 1. The topological polar surface area (TPSA) is 136 Å². The number of ether oxygens (including phenoxy) is 3. The van der Waals surface area contributed by atoms with Crippen LogP contribution in [0.1, 0.15) is 63.6 Å². The molecule has 1 aromatic heterocycles. The first kappa shape index (κ1) is 37.7. The first-order valence-corrected chi connectivity index (χ1v) is 19.3. The molecule has 1 unspecified atom stereocenters. The molecule has 1 atom stereocenters. The van der Waals surface area contributed by atoms with Crippen molar-refractivity contribution in [1.29, 1.82) is 0 Å². The maximum absolute atomic E-state index is 13.6. The molecule has 1 saturated carbocycles.